The molecule has 162 valence electrons. The van der Waals surface area contributed by atoms with E-state index in [1.165, 1.54) is 0 Å². The molecule has 1 aliphatic rings. The summed E-state index contributed by atoms with van der Waals surface area (Å²) in [6, 6.07) is 15.7. The minimum Gasteiger partial charge on any atom is -0.494 e. The van der Waals surface area contributed by atoms with Crippen LogP contribution in [0.3, 0.4) is 0 Å². The van der Waals surface area contributed by atoms with Crippen LogP contribution >= 0.6 is 0 Å². The second-order valence-corrected chi connectivity index (χ2v) is 7.59. The molecule has 0 aliphatic carbocycles. The van der Waals surface area contributed by atoms with E-state index >= 15 is 0 Å². The van der Waals surface area contributed by atoms with Crippen LogP contribution in [0.5, 0.6) is 11.6 Å². The van der Waals surface area contributed by atoms with Gasteiger partial charge in [0.25, 0.3) is 0 Å². The summed E-state index contributed by atoms with van der Waals surface area (Å²) in [6.45, 7) is 3.32. The van der Waals surface area contributed by atoms with E-state index in [1.807, 2.05) is 66.2 Å². The van der Waals surface area contributed by atoms with Gasteiger partial charge in [0, 0.05) is 42.8 Å². The molecule has 0 saturated heterocycles. The Hall–Kier alpha value is -3.91. The summed E-state index contributed by atoms with van der Waals surface area (Å²) in [6.07, 6.45) is 5.32. The molecular formula is C24H24N6O2. The number of benzene rings is 1. The quantitative estimate of drug-likeness (QED) is 0.498. The van der Waals surface area contributed by atoms with E-state index in [4.69, 9.17) is 14.5 Å². The number of aryl methyl sites for hydroxylation is 1. The van der Waals surface area contributed by atoms with Crippen LogP contribution in [0.4, 0.5) is 11.5 Å². The predicted octanol–water partition coefficient (Wildman–Crippen LogP) is 3.95. The van der Waals surface area contributed by atoms with Crippen molar-refractivity contribution in [1.82, 2.24) is 24.8 Å². The Bertz CT molecular complexity index is 1220. The van der Waals surface area contributed by atoms with Crippen molar-refractivity contribution in [3.8, 4) is 17.3 Å². The molecule has 0 radical (unpaired) electrons. The van der Waals surface area contributed by atoms with Crippen LogP contribution in [0.25, 0.3) is 5.69 Å². The van der Waals surface area contributed by atoms with Crippen molar-refractivity contribution in [2.24, 2.45) is 0 Å². The number of anilines is 2. The molecule has 0 spiro atoms. The lowest BCUT2D eigenvalue weighted by atomic mass is 10.2. The second-order valence-electron chi connectivity index (χ2n) is 7.59. The van der Waals surface area contributed by atoms with Gasteiger partial charge < -0.3 is 24.7 Å². The van der Waals surface area contributed by atoms with E-state index in [1.54, 1.807) is 19.6 Å². The topological polar surface area (TPSA) is 86.1 Å². The van der Waals surface area contributed by atoms with Gasteiger partial charge in [-0.2, -0.15) is 4.98 Å². The molecule has 1 atom stereocenters. The van der Waals surface area contributed by atoms with E-state index < -0.39 is 0 Å². The zero-order chi connectivity index (χ0) is 21.9. The normalized spacial score (nSPS) is 15.4. The number of hydrogen-bond donors (Lipinski definition) is 2. The lowest BCUT2D eigenvalue weighted by Gasteiger charge is -2.17. The van der Waals surface area contributed by atoms with Crippen LogP contribution in [-0.4, -0.2) is 33.2 Å². The Morgan fingerprint density at radius 1 is 1.16 bits per heavy atom. The van der Waals surface area contributed by atoms with Crippen LogP contribution in [0.15, 0.2) is 67.3 Å². The number of aromatic nitrogens is 4. The van der Waals surface area contributed by atoms with Gasteiger partial charge in [0.2, 0.25) is 5.88 Å². The number of ether oxygens (including phenoxy) is 2. The molecule has 0 saturated carbocycles. The highest BCUT2D eigenvalue weighted by atomic mass is 16.5. The number of imidazole rings is 1. The smallest absolute Gasteiger partial charge is 0.220 e. The highest BCUT2D eigenvalue weighted by Gasteiger charge is 2.21. The molecule has 1 aliphatic heterocycles. The fraction of sp³-hybridized carbons (Fsp3) is 0.208. The molecule has 3 aromatic heterocycles. The third kappa shape index (κ3) is 4.13. The van der Waals surface area contributed by atoms with Crippen molar-refractivity contribution < 1.29 is 9.47 Å². The summed E-state index contributed by atoms with van der Waals surface area (Å²) in [7, 11) is 1.66. The minimum atomic E-state index is -0.196. The molecular weight excluding hydrogens is 404 g/mol. The number of methoxy groups -OCH3 is 1. The van der Waals surface area contributed by atoms with Crippen molar-refractivity contribution in [1.29, 1.82) is 0 Å². The van der Waals surface area contributed by atoms with E-state index in [0.29, 0.717) is 24.8 Å². The first kappa shape index (κ1) is 20.0. The number of nitrogens with one attached hydrogen (secondary N) is 2. The molecule has 0 fully saturated rings. The molecule has 2 N–H and O–H groups in total. The molecule has 8 heteroatoms. The van der Waals surface area contributed by atoms with Crippen LogP contribution in [-0.2, 0) is 6.54 Å². The van der Waals surface area contributed by atoms with Gasteiger partial charge in [0.05, 0.1) is 30.5 Å². The summed E-state index contributed by atoms with van der Waals surface area (Å²) in [4.78, 5) is 13.5. The first-order valence-corrected chi connectivity index (χ1v) is 10.4. The van der Waals surface area contributed by atoms with Crippen LogP contribution in [0.1, 0.15) is 23.1 Å². The van der Waals surface area contributed by atoms with Gasteiger partial charge in [-0.15, -0.1) is 0 Å². The molecule has 4 aromatic rings. The van der Waals surface area contributed by atoms with Gasteiger partial charge in [-0.3, -0.25) is 4.98 Å². The lowest BCUT2D eigenvalue weighted by molar-refractivity contribution is 0.198. The van der Waals surface area contributed by atoms with E-state index in [2.05, 4.69) is 20.6 Å². The van der Waals surface area contributed by atoms with E-state index in [-0.39, 0.29) is 6.10 Å². The Balaban J connectivity index is 1.39. The Labute approximate surface area is 186 Å². The Morgan fingerprint density at radius 2 is 2.09 bits per heavy atom. The lowest BCUT2D eigenvalue weighted by Crippen LogP contribution is -2.22. The third-order valence-electron chi connectivity index (χ3n) is 5.30. The summed E-state index contributed by atoms with van der Waals surface area (Å²) in [5.74, 6) is 2.03. The van der Waals surface area contributed by atoms with Crippen molar-refractivity contribution in [2.45, 2.75) is 19.6 Å². The second kappa shape index (κ2) is 8.68. The monoisotopic (exact) mass is 428 g/mol. The fourth-order valence-corrected chi connectivity index (χ4v) is 3.69. The predicted molar refractivity (Wildman–Crippen MR) is 122 cm³/mol. The minimum absolute atomic E-state index is 0.196. The molecule has 5 rings (SSSR count). The SMILES string of the molecule is COc1cc(Nc2ccc3c(n2)OC(c2ccccn2)CNC3)ccc1-n1cnc(C)c1. The summed E-state index contributed by atoms with van der Waals surface area (Å²) in [5, 5.41) is 6.77. The average Bonchev–Trinajstić information content (AvgIpc) is 3.14. The van der Waals surface area contributed by atoms with Gasteiger partial charge in [0.1, 0.15) is 11.6 Å². The third-order valence-corrected chi connectivity index (χ3v) is 5.30. The van der Waals surface area contributed by atoms with Crippen LogP contribution in [0, 0.1) is 6.92 Å². The fourth-order valence-electron chi connectivity index (χ4n) is 3.69. The average molecular weight is 428 g/mol. The number of fused-ring (bicyclic) bond motifs is 1. The standard InChI is InChI=1S/C24H24N6O2/c1-16-14-30(15-27-16)20-8-7-18(11-21(20)31-2)28-23-9-6-17-12-25-13-22(32-24(17)29-23)19-5-3-4-10-26-19/h3-11,14-15,22,25H,12-13H2,1-2H3,(H,28,29). The zero-order valence-corrected chi connectivity index (χ0v) is 17.9. The Kier molecular flexibility index (Phi) is 5.43. The number of hydrogen-bond acceptors (Lipinski definition) is 7. The van der Waals surface area contributed by atoms with E-state index in [9.17, 15) is 0 Å². The molecule has 32 heavy (non-hydrogen) atoms. The van der Waals surface area contributed by atoms with Crippen molar-refractivity contribution in [3.63, 3.8) is 0 Å². The first-order valence-electron chi connectivity index (χ1n) is 10.4. The number of nitrogens with zero attached hydrogens (tertiary/aromatic N) is 4. The summed E-state index contributed by atoms with van der Waals surface area (Å²) >= 11 is 0. The number of rotatable bonds is 5. The van der Waals surface area contributed by atoms with Crippen molar-refractivity contribution >= 4 is 11.5 Å². The maximum absolute atomic E-state index is 6.23. The van der Waals surface area contributed by atoms with Crippen LogP contribution < -0.4 is 20.1 Å². The van der Waals surface area contributed by atoms with Gasteiger partial charge in [0.15, 0.2) is 6.10 Å². The highest BCUT2D eigenvalue weighted by Crippen LogP contribution is 2.31. The summed E-state index contributed by atoms with van der Waals surface area (Å²) < 4.78 is 13.8. The van der Waals surface area contributed by atoms with Crippen LogP contribution in [0.2, 0.25) is 0 Å². The molecule has 0 amide bonds. The molecule has 1 unspecified atom stereocenters. The largest absolute Gasteiger partial charge is 0.494 e. The summed E-state index contributed by atoms with van der Waals surface area (Å²) in [5.41, 5.74) is 4.62. The molecule has 0 bridgehead atoms. The zero-order valence-electron chi connectivity index (χ0n) is 17.9. The van der Waals surface area contributed by atoms with Gasteiger partial charge in [-0.25, -0.2) is 4.98 Å². The highest BCUT2D eigenvalue weighted by molar-refractivity contribution is 5.63. The maximum atomic E-state index is 6.23. The maximum Gasteiger partial charge on any atom is 0.220 e. The van der Waals surface area contributed by atoms with Gasteiger partial charge in [-0.1, -0.05) is 6.07 Å². The first-order chi connectivity index (χ1) is 15.7. The number of pyridine rings is 2. The van der Waals surface area contributed by atoms with Gasteiger partial charge >= 0.3 is 0 Å². The Morgan fingerprint density at radius 3 is 2.88 bits per heavy atom. The molecule has 8 nitrogen and oxygen atoms in total. The molecule has 1 aromatic carbocycles. The van der Waals surface area contributed by atoms with Gasteiger partial charge in [-0.05, 0) is 43.3 Å². The van der Waals surface area contributed by atoms with Crippen molar-refractivity contribution in [3.05, 3.63) is 84.2 Å². The van der Waals surface area contributed by atoms with Crippen molar-refractivity contribution in [2.75, 3.05) is 19.0 Å². The van der Waals surface area contributed by atoms with E-state index in [0.717, 1.165) is 34.1 Å². The molecule has 4 heterocycles.